The second-order valence-corrected chi connectivity index (χ2v) is 12.7. The summed E-state index contributed by atoms with van der Waals surface area (Å²) in [4.78, 5) is 45.2. The number of aromatic nitrogens is 2. The molecule has 4 aromatic rings. The Hall–Kier alpha value is -4.52. The maximum atomic E-state index is 13.2. The molecule has 0 aliphatic carbocycles. The fourth-order valence-electron chi connectivity index (χ4n) is 4.64. The zero-order chi connectivity index (χ0) is 30.6. The normalized spacial score (nSPS) is 14.6. The van der Waals surface area contributed by atoms with Gasteiger partial charge in [0, 0.05) is 49.7 Å². The summed E-state index contributed by atoms with van der Waals surface area (Å²) in [6.45, 7) is 1.87. The summed E-state index contributed by atoms with van der Waals surface area (Å²) in [5.41, 5.74) is 1.06. The number of nitrogens with one attached hydrogen (secondary N) is 2. The van der Waals surface area contributed by atoms with E-state index in [1.165, 1.54) is 30.5 Å². The van der Waals surface area contributed by atoms with Gasteiger partial charge in [0.15, 0.2) is 9.84 Å². The number of carbonyl (C=O) groups excluding carboxylic acids is 2. The zero-order valence-electron chi connectivity index (χ0n) is 22.9. The lowest BCUT2D eigenvalue weighted by Gasteiger charge is -2.26. The second-order valence-electron chi connectivity index (χ2n) is 9.96. The van der Waals surface area contributed by atoms with E-state index in [2.05, 4.69) is 15.6 Å². The molecule has 0 spiro atoms. The molecule has 3 N–H and O–H groups in total. The highest BCUT2D eigenvalue weighted by Crippen LogP contribution is 2.29. The molecule has 0 bridgehead atoms. The van der Waals surface area contributed by atoms with Gasteiger partial charge in [0.2, 0.25) is 0 Å². The van der Waals surface area contributed by atoms with Crippen molar-refractivity contribution in [1.82, 2.24) is 14.5 Å². The van der Waals surface area contributed by atoms with Crippen LogP contribution in [0.25, 0.3) is 11.1 Å². The van der Waals surface area contributed by atoms with Gasteiger partial charge in [-0.25, -0.2) is 13.4 Å². The fraction of sp³-hybridized carbons (Fsp3) is 0.200. The van der Waals surface area contributed by atoms with Gasteiger partial charge in [0.25, 0.3) is 17.4 Å². The first-order valence-electron chi connectivity index (χ1n) is 13.4. The van der Waals surface area contributed by atoms with Crippen LogP contribution in [0.15, 0.2) is 83.9 Å². The Bertz CT molecular complexity index is 1810. The molecule has 0 unspecified atom stereocenters. The number of halogens is 1. The minimum atomic E-state index is -2.97. The molecule has 222 valence electrons. The van der Waals surface area contributed by atoms with Crippen molar-refractivity contribution in [3.8, 4) is 16.9 Å². The number of sulfone groups is 1. The number of phenolic OH excluding ortho intramolecular Hbond substituents is 1. The van der Waals surface area contributed by atoms with Gasteiger partial charge in [-0.2, -0.15) is 0 Å². The van der Waals surface area contributed by atoms with E-state index in [9.17, 15) is 27.9 Å². The molecule has 0 radical (unpaired) electrons. The van der Waals surface area contributed by atoms with Gasteiger partial charge < -0.3 is 20.3 Å². The number of nitrogens with zero attached hydrogens (tertiary/aromatic N) is 3. The minimum absolute atomic E-state index is 0.0257. The Morgan fingerprint density at radius 3 is 2.35 bits per heavy atom. The number of anilines is 2. The molecular formula is C30H28ClN5O6S. The first-order chi connectivity index (χ1) is 20.6. The summed E-state index contributed by atoms with van der Waals surface area (Å²) < 4.78 is 24.9. The molecule has 2 aromatic carbocycles. The molecule has 2 amide bonds. The number of hydrogen-bond donors (Lipinski definition) is 3. The predicted molar refractivity (Wildman–Crippen MR) is 164 cm³/mol. The fourth-order valence-corrected chi connectivity index (χ4v) is 6.03. The van der Waals surface area contributed by atoms with E-state index in [0.717, 1.165) is 0 Å². The van der Waals surface area contributed by atoms with Crippen LogP contribution in [-0.4, -0.2) is 70.9 Å². The maximum absolute atomic E-state index is 13.2. The van der Waals surface area contributed by atoms with Crippen molar-refractivity contribution >= 4 is 44.8 Å². The van der Waals surface area contributed by atoms with Crippen LogP contribution in [0, 0.1) is 0 Å². The highest BCUT2D eigenvalue weighted by molar-refractivity contribution is 7.91. The molecular weight excluding hydrogens is 594 g/mol. The molecule has 0 saturated carbocycles. The maximum Gasteiger partial charge on any atom is 0.259 e. The van der Waals surface area contributed by atoms with Gasteiger partial charge in [0.05, 0.1) is 27.8 Å². The average Bonchev–Trinajstić information content (AvgIpc) is 2.99. The van der Waals surface area contributed by atoms with Gasteiger partial charge in [-0.05, 0) is 54.1 Å². The van der Waals surface area contributed by atoms with Gasteiger partial charge in [-0.15, -0.1) is 0 Å². The van der Waals surface area contributed by atoms with E-state index in [-0.39, 0.29) is 45.4 Å². The van der Waals surface area contributed by atoms with E-state index in [1.807, 2.05) is 4.90 Å². The zero-order valence-corrected chi connectivity index (χ0v) is 24.4. The number of pyridine rings is 2. The van der Waals surface area contributed by atoms with Gasteiger partial charge in [0.1, 0.15) is 11.6 Å². The van der Waals surface area contributed by atoms with Crippen LogP contribution in [0.4, 0.5) is 11.5 Å². The smallest absolute Gasteiger partial charge is 0.259 e. The Morgan fingerprint density at radius 2 is 1.65 bits per heavy atom. The van der Waals surface area contributed by atoms with Crippen molar-refractivity contribution in [2.75, 3.05) is 41.8 Å². The first kappa shape index (κ1) is 30.0. The number of carbonyl (C=O) groups is 2. The lowest BCUT2D eigenvalue weighted by Crippen LogP contribution is -2.42. The Balaban J connectivity index is 1.27. The molecule has 1 saturated heterocycles. The van der Waals surface area contributed by atoms with E-state index in [4.69, 9.17) is 11.6 Å². The molecule has 13 heteroatoms. The molecule has 0 atom stereocenters. The van der Waals surface area contributed by atoms with Crippen molar-refractivity contribution in [2.45, 2.75) is 6.54 Å². The summed E-state index contributed by atoms with van der Waals surface area (Å²) in [6.07, 6.45) is 3.07. The third-order valence-electron chi connectivity index (χ3n) is 7.07. The quantitative estimate of drug-likeness (QED) is 0.253. The monoisotopic (exact) mass is 621 g/mol. The highest BCUT2D eigenvalue weighted by atomic mass is 35.5. The Labute approximate surface area is 252 Å². The van der Waals surface area contributed by atoms with Crippen molar-refractivity contribution in [3.63, 3.8) is 0 Å². The topological polar surface area (TPSA) is 151 Å². The van der Waals surface area contributed by atoms with Crippen molar-refractivity contribution in [1.29, 1.82) is 0 Å². The van der Waals surface area contributed by atoms with Crippen LogP contribution in [0.2, 0.25) is 5.02 Å². The molecule has 1 aliphatic heterocycles. The lowest BCUT2D eigenvalue weighted by molar-refractivity contribution is 0.102. The van der Waals surface area contributed by atoms with E-state index in [1.54, 1.807) is 53.2 Å². The Morgan fingerprint density at radius 1 is 0.907 bits per heavy atom. The minimum Gasteiger partial charge on any atom is -0.506 e. The lowest BCUT2D eigenvalue weighted by atomic mass is 10.0. The first-order valence-corrected chi connectivity index (χ1v) is 15.6. The molecule has 1 aliphatic rings. The number of rotatable bonds is 8. The van der Waals surface area contributed by atoms with E-state index < -0.39 is 21.7 Å². The van der Waals surface area contributed by atoms with Crippen LogP contribution in [0.1, 0.15) is 20.7 Å². The molecule has 5 rings (SSSR count). The van der Waals surface area contributed by atoms with Crippen molar-refractivity contribution in [3.05, 3.63) is 106 Å². The number of amides is 2. The average molecular weight is 622 g/mol. The number of para-hydroxylation sites is 1. The second kappa shape index (κ2) is 12.8. The number of aromatic hydroxyl groups is 1. The predicted octanol–water partition coefficient (Wildman–Crippen LogP) is 3.50. The summed E-state index contributed by atoms with van der Waals surface area (Å²) in [5, 5.41) is 16.1. The van der Waals surface area contributed by atoms with Gasteiger partial charge in [-0.1, -0.05) is 29.8 Å². The SMILES string of the molecule is O=C(Nc1c(O)cccc1C(=O)Nc1ccc(Cl)cn1)c1ccc(-c2cccn(CCN3CCS(=O)(=O)CC3)c2=O)cc1. The summed E-state index contributed by atoms with van der Waals surface area (Å²) in [7, 11) is -2.97. The highest BCUT2D eigenvalue weighted by Gasteiger charge is 2.22. The summed E-state index contributed by atoms with van der Waals surface area (Å²) in [6, 6.07) is 17.2. The van der Waals surface area contributed by atoms with E-state index >= 15 is 0 Å². The molecule has 1 fully saturated rings. The van der Waals surface area contributed by atoms with Crippen LogP contribution in [0.3, 0.4) is 0 Å². The third kappa shape index (κ3) is 7.28. The number of benzene rings is 2. The van der Waals surface area contributed by atoms with Gasteiger partial charge >= 0.3 is 0 Å². The van der Waals surface area contributed by atoms with Gasteiger partial charge in [-0.3, -0.25) is 19.3 Å². The number of hydrogen-bond acceptors (Lipinski definition) is 8. The standard InChI is InChI=1S/C30H28ClN5O6S/c31-22-10-11-26(32-19-22)33-29(39)24-3-1-5-25(37)27(24)34-28(38)21-8-6-20(7-9-21)23-4-2-12-36(30(23)40)14-13-35-15-17-43(41,42)18-16-35/h1-12,19,37H,13-18H2,(H,34,38)(H,32,33,39). The largest absolute Gasteiger partial charge is 0.506 e. The van der Waals surface area contributed by atoms with Crippen LogP contribution in [0.5, 0.6) is 5.75 Å². The molecule has 2 aromatic heterocycles. The van der Waals surface area contributed by atoms with Crippen LogP contribution < -0.4 is 16.2 Å². The summed E-state index contributed by atoms with van der Waals surface area (Å²) >= 11 is 5.84. The molecule has 11 nitrogen and oxygen atoms in total. The molecule has 3 heterocycles. The Kier molecular flexibility index (Phi) is 8.90. The third-order valence-corrected chi connectivity index (χ3v) is 8.90. The van der Waals surface area contributed by atoms with Crippen LogP contribution >= 0.6 is 11.6 Å². The van der Waals surface area contributed by atoms with E-state index in [0.29, 0.717) is 42.3 Å². The van der Waals surface area contributed by atoms with Crippen molar-refractivity contribution < 1.29 is 23.1 Å². The van der Waals surface area contributed by atoms with Crippen LogP contribution in [-0.2, 0) is 16.4 Å². The number of phenols is 1. The molecule has 43 heavy (non-hydrogen) atoms. The summed E-state index contributed by atoms with van der Waals surface area (Å²) in [5.74, 6) is -0.963. The van der Waals surface area contributed by atoms with Crippen molar-refractivity contribution in [2.24, 2.45) is 0 Å².